The first kappa shape index (κ1) is 22.1. The zero-order chi connectivity index (χ0) is 22.8. The summed E-state index contributed by atoms with van der Waals surface area (Å²) in [5, 5.41) is 5.58. The lowest BCUT2D eigenvalue weighted by Crippen LogP contribution is -2.41. The lowest BCUT2D eigenvalue weighted by molar-refractivity contribution is 0.122. The van der Waals surface area contributed by atoms with Crippen molar-refractivity contribution in [3.63, 3.8) is 0 Å². The van der Waals surface area contributed by atoms with Crippen molar-refractivity contribution < 1.29 is 13.2 Å². The van der Waals surface area contributed by atoms with Crippen LogP contribution in [0.2, 0.25) is 0 Å². The first-order chi connectivity index (χ1) is 16.0. The Morgan fingerprint density at radius 1 is 1.00 bits per heavy atom. The maximum atomic E-state index is 11.8. The smallest absolute Gasteiger partial charge is 0.211 e. The molecule has 2 saturated heterocycles. The maximum Gasteiger partial charge on any atom is 0.211 e. The van der Waals surface area contributed by atoms with Crippen molar-refractivity contribution in [2.24, 2.45) is 0 Å². The SMILES string of the molecule is CS(=O)(=O)N1CCC(Nc2cc3c(-c4ccc(N5CCOCC5)cc4)nccc3cn2)CC1. The minimum Gasteiger partial charge on any atom is -0.378 e. The van der Waals surface area contributed by atoms with Gasteiger partial charge in [-0.1, -0.05) is 12.1 Å². The molecule has 0 spiro atoms. The molecule has 0 aliphatic carbocycles. The van der Waals surface area contributed by atoms with Crippen LogP contribution in [-0.2, 0) is 14.8 Å². The molecule has 2 aromatic heterocycles. The molecule has 3 aromatic rings. The summed E-state index contributed by atoms with van der Waals surface area (Å²) >= 11 is 0. The van der Waals surface area contributed by atoms with Gasteiger partial charge in [0.15, 0.2) is 0 Å². The molecule has 174 valence electrons. The monoisotopic (exact) mass is 467 g/mol. The topological polar surface area (TPSA) is 87.7 Å². The van der Waals surface area contributed by atoms with E-state index >= 15 is 0 Å². The Morgan fingerprint density at radius 2 is 1.73 bits per heavy atom. The van der Waals surface area contributed by atoms with Gasteiger partial charge in [-0.2, -0.15) is 0 Å². The fourth-order valence-electron chi connectivity index (χ4n) is 4.57. The van der Waals surface area contributed by atoms with Crippen LogP contribution in [0.15, 0.2) is 48.8 Å². The summed E-state index contributed by atoms with van der Waals surface area (Å²) in [6, 6.07) is 12.8. The molecule has 0 unspecified atom stereocenters. The number of morpholine rings is 1. The van der Waals surface area contributed by atoms with Crippen molar-refractivity contribution in [1.29, 1.82) is 0 Å². The number of hydrogen-bond acceptors (Lipinski definition) is 7. The molecule has 0 amide bonds. The molecule has 0 atom stereocenters. The Bertz CT molecular complexity index is 1220. The van der Waals surface area contributed by atoms with E-state index in [4.69, 9.17) is 4.74 Å². The highest BCUT2D eigenvalue weighted by atomic mass is 32.2. The molecule has 5 rings (SSSR count). The van der Waals surface area contributed by atoms with Gasteiger partial charge in [0.25, 0.3) is 0 Å². The number of anilines is 2. The van der Waals surface area contributed by atoms with E-state index in [1.54, 1.807) is 4.31 Å². The molecule has 1 N–H and O–H groups in total. The normalized spacial score (nSPS) is 18.5. The van der Waals surface area contributed by atoms with E-state index < -0.39 is 10.0 Å². The van der Waals surface area contributed by atoms with E-state index in [0.717, 1.165) is 67.0 Å². The van der Waals surface area contributed by atoms with Crippen molar-refractivity contribution in [2.45, 2.75) is 18.9 Å². The van der Waals surface area contributed by atoms with Gasteiger partial charge in [-0.3, -0.25) is 4.98 Å². The predicted molar refractivity (Wildman–Crippen MR) is 131 cm³/mol. The highest BCUT2D eigenvalue weighted by molar-refractivity contribution is 7.88. The maximum absolute atomic E-state index is 11.8. The average molecular weight is 468 g/mol. The molecular formula is C24H29N5O3S. The fraction of sp³-hybridized carbons (Fsp3) is 0.417. The summed E-state index contributed by atoms with van der Waals surface area (Å²) in [5.41, 5.74) is 3.20. The minimum atomic E-state index is -3.13. The van der Waals surface area contributed by atoms with Crippen LogP contribution in [0.1, 0.15) is 12.8 Å². The van der Waals surface area contributed by atoms with Crippen LogP contribution < -0.4 is 10.2 Å². The van der Waals surface area contributed by atoms with Crippen LogP contribution in [0.25, 0.3) is 22.0 Å². The predicted octanol–water partition coefficient (Wildman–Crippen LogP) is 2.97. The lowest BCUT2D eigenvalue weighted by atomic mass is 10.0. The van der Waals surface area contributed by atoms with Crippen LogP contribution in [0, 0.1) is 0 Å². The number of pyridine rings is 2. The quantitative estimate of drug-likeness (QED) is 0.617. The average Bonchev–Trinajstić information content (AvgIpc) is 2.84. The van der Waals surface area contributed by atoms with Crippen LogP contribution in [-0.4, -0.2) is 74.4 Å². The van der Waals surface area contributed by atoms with Gasteiger partial charge in [0.2, 0.25) is 10.0 Å². The van der Waals surface area contributed by atoms with E-state index in [1.807, 2.05) is 18.5 Å². The van der Waals surface area contributed by atoms with Crippen molar-refractivity contribution in [3.8, 4) is 11.3 Å². The Balaban J connectivity index is 1.35. The van der Waals surface area contributed by atoms with E-state index in [2.05, 4.69) is 50.5 Å². The van der Waals surface area contributed by atoms with Crippen molar-refractivity contribution >= 4 is 32.3 Å². The van der Waals surface area contributed by atoms with Gasteiger partial charge in [0.1, 0.15) is 5.82 Å². The van der Waals surface area contributed by atoms with Gasteiger partial charge < -0.3 is 15.0 Å². The van der Waals surface area contributed by atoms with Gasteiger partial charge in [0.05, 0.1) is 25.2 Å². The molecule has 0 saturated carbocycles. The van der Waals surface area contributed by atoms with Crippen LogP contribution in [0.4, 0.5) is 11.5 Å². The molecule has 8 nitrogen and oxygen atoms in total. The third-order valence-corrected chi connectivity index (χ3v) is 7.74. The number of nitrogens with zero attached hydrogens (tertiary/aromatic N) is 4. The number of nitrogens with one attached hydrogen (secondary N) is 1. The molecule has 4 heterocycles. The summed E-state index contributed by atoms with van der Waals surface area (Å²) in [6.45, 7) is 4.43. The minimum absolute atomic E-state index is 0.195. The van der Waals surface area contributed by atoms with Gasteiger partial charge in [-0.25, -0.2) is 17.7 Å². The Kier molecular flexibility index (Phi) is 6.18. The largest absolute Gasteiger partial charge is 0.378 e. The summed E-state index contributed by atoms with van der Waals surface area (Å²) < 4.78 is 30.5. The molecule has 33 heavy (non-hydrogen) atoms. The number of hydrogen-bond donors (Lipinski definition) is 1. The van der Waals surface area contributed by atoms with Crippen molar-refractivity contribution in [1.82, 2.24) is 14.3 Å². The number of sulfonamides is 1. The highest BCUT2D eigenvalue weighted by Crippen LogP contribution is 2.30. The second-order valence-electron chi connectivity index (χ2n) is 8.68. The second-order valence-corrected chi connectivity index (χ2v) is 10.7. The summed E-state index contributed by atoms with van der Waals surface area (Å²) in [4.78, 5) is 11.6. The van der Waals surface area contributed by atoms with Gasteiger partial charge in [-0.05, 0) is 37.1 Å². The zero-order valence-electron chi connectivity index (χ0n) is 18.8. The van der Waals surface area contributed by atoms with E-state index in [0.29, 0.717) is 13.1 Å². The Morgan fingerprint density at radius 3 is 2.42 bits per heavy atom. The molecule has 2 aliphatic heterocycles. The van der Waals surface area contributed by atoms with E-state index in [1.165, 1.54) is 11.9 Å². The fourth-order valence-corrected chi connectivity index (χ4v) is 5.44. The van der Waals surface area contributed by atoms with Gasteiger partial charge >= 0.3 is 0 Å². The molecule has 1 aromatic carbocycles. The zero-order valence-corrected chi connectivity index (χ0v) is 19.6. The molecule has 2 fully saturated rings. The van der Waals surface area contributed by atoms with Crippen LogP contribution >= 0.6 is 0 Å². The van der Waals surface area contributed by atoms with E-state index in [9.17, 15) is 8.42 Å². The van der Waals surface area contributed by atoms with E-state index in [-0.39, 0.29) is 6.04 Å². The number of ether oxygens (including phenoxy) is 1. The van der Waals surface area contributed by atoms with Crippen LogP contribution in [0.5, 0.6) is 0 Å². The standard InChI is InChI=1S/C24H29N5O3S/c1-33(30,31)29-10-7-20(8-11-29)27-23-16-22-19(17-26-23)6-9-25-24(22)18-2-4-21(5-3-18)28-12-14-32-15-13-28/h2-6,9,16-17,20H,7-8,10-15H2,1H3,(H,26,27). The number of rotatable bonds is 5. The molecule has 2 aliphatic rings. The van der Waals surface area contributed by atoms with Crippen LogP contribution in [0.3, 0.4) is 0 Å². The summed E-state index contributed by atoms with van der Waals surface area (Å²) in [5.74, 6) is 0.791. The number of piperidine rings is 1. The second kappa shape index (κ2) is 9.24. The molecule has 0 bridgehead atoms. The van der Waals surface area contributed by atoms with Crippen molar-refractivity contribution in [3.05, 3.63) is 48.8 Å². The Labute approximate surface area is 194 Å². The summed E-state index contributed by atoms with van der Waals surface area (Å²) in [7, 11) is -3.13. The number of benzene rings is 1. The van der Waals surface area contributed by atoms with Gasteiger partial charge in [-0.15, -0.1) is 0 Å². The lowest BCUT2D eigenvalue weighted by Gasteiger charge is -2.31. The third-order valence-electron chi connectivity index (χ3n) is 6.44. The van der Waals surface area contributed by atoms with Gasteiger partial charge in [0, 0.05) is 66.6 Å². The third kappa shape index (κ3) is 4.95. The molecular weight excluding hydrogens is 438 g/mol. The number of fused-ring (bicyclic) bond motifs is 1. The number of aromatic nitrogens is 2. The first-order valence-electron chi connectivity index (χ1n) is 11.4. The van der Waals surface area contributed by atoms with Crippen molar-refractivity contribution in [2.75, 3.05) is 55.9 Å². The molecule has 9 heteroatoms. The Hall–Kier alpha value is -2.75. The highest BCUT2D eigenvalue weighted by Gasteiger charge is 2.25. The molecule has 0 radical (unpaired) electrons. The first-order valence-corrected chi connectivity index (χ1v) is 13.2. The summed E-state index contributed by atoms with van der Waals surface area (Å²) in [6.07, 6.45) is 6.48.